The Kier molecular flexibility index (Phi) is 4.79. The lowest BCUT2D eigenvalue weighted by Crippen LogP contribution is -2.38. The molecule has 0 bridgehead atoms. The maximum Gasteiger partial charge on any atom is 0.0326 e. The van der Waals surface area contributed by atoms with Crippen molar-refractivity contribution in [2.75, 3.05) is 26.2 Å². The Morgan fingerprint density at radius 2 is 2.05 bits per heavy atom. The number of hydrogen-bond acceptors (Lipinski definition) is 2. The molecule has 1 fully saturated rings. The van der Waals surface area contributed by atoms with E-state index in [4.69, 9.17) is 0 Å². The highest BCUT2D eigenvalue weighted by molar-refractivity contribution is 9.10. The van der Waals surface area contributed by atoms with Crippen molar-refractivity contribution in [3.63, 3.8) is 0 Å². The van der Waals surface area contributed by atoms with E-state index >= 15 is 0 Å². The second-order valence-electron chi connectivity index (χ2n) is 6.41. The Labute approximate surface area is 131 Å². The summed E-state index contributed by atoms with van der Waals surface area (Å²) in [4.78, 5) is 2.62. The molecule has 3 rings (SSSR count). The Bertz CT molecular complexity index is 452. The number of nitrogens with one attached hydrogen (secondary N) is 1. The summed E-state index contributed by atoms with van der Waals surface area (Å²) in [5.41, 5.74) is 3.03. The molecule has 0 aromatic heterocycles. The smallest absolute Gasteiger partial charge is 0.0326 e. The molecule has 1 aliphatic carbocycles. The maximum atomic E-state index is 3.76. The SMILES string of the molecule is CC1CCN(CCNC2CCc3cc(Br)ccc32)CC1. The van der Waals surface area contributed by atoms with E-state index in [0.29, 0.717) is 6.04 Å². The van der Waals surface area contributed by atoms with Crippen molar-refractivity contribution in [2.24, 2.45) is 5.92 Å². The first-order chi connectivity index (χ1) is 9.72. The van der Waals surface area contributed by atoms with Gasteiger partial charge in [0.25, 0.3) is 0 Å². The topological polar surface area (TPSA) is 15.3 Å². The average molecular weight is 337 g/mol. The summed E-state index contributed by atoms with van der Waals surface area (Å²) in [6.45, 7) is 7.28. The first-order valence-corrected chi connectivity index (χ1v) is 8.76. The van der Waals surface area contributed by atoms with Crippen molar-refractivity contribution in [1.82, 2.24) is 10.2 Å². The van der Waals surface area contributed by atoms with E-state index < -0.39 is 0 Å². The van der Waals surface area contributed by atoms with Gasteiger partial charge in [-0.2, -0.15) is 0 Å². The molecular weight excluding hydrogens is 312 g/mol. The highest BCUT2D eigenvalue weighted by atomic mass is 79.9. The molecule has 2 nitrogen and oxygen atoms in total. The predicted molar refractivity (Wildman–Crippen MR) is 88.0 cm³/mol. The molecule has 3 heteroatoms. The Balaban J connectivity index is 1.46. The molecule has 1 aliphatic heterocycles. The van der Waals surface area contributed by atoms with Gasteiger partial charge >= 0.3 is 0 Å². The summed E-state index contributed by atoms with van der Waals surface area (Å²) < 4.78 is 1.21. The van der Waals surface area contributed by atoms with E-state index in [2.05, 4.69) is 51.3 Å². The fourth-order valence-electron chi connectivity index (χ4n) is 3.48. The van der Waals surface area contributed by atoms with Crippen molar-refractivity contribution in [3.05, 3.63) is 33.8 Å². The van der Waals surface area contributed by atoms with Crippen LogP contribution in [0.1, 0.15) is 43.4 Å². The number of likely N-dealkylation sites (tertiary alicyclic amines) is 1. The number of nitrogens with zero attached hydrogens (tertiary/aromatic N) is 1. The summed E-state index contributed by atoms with van der Waals surface area (Å²) in [5, 5.41) is 3.76. The Hall–Kier alpha value is -0.380. The number of piperidine rings is 1. The summed E-state index contributed by atoms with van der Waals surface area (Å²) in [6, 6.07) is 7.31. The molecule has 1 N–H and O–H groups in total. The summed E-state index contributed by atoms with van der Waals surface area (Å²) >= 11 is 3.57. The summed E-state index contributed by atoms with van der Waals surface area (Å²) in [6.07, 6.45) is 5.22. The summed E-state index contributed by atoms with van der Waals surface area (Å²) in [5.74, 6) is 0.930. The van der Waals surface area contributed by atoms with Gasteiger partial charge in [-0.3, -0.25) is 0 Å². The molecule has 1 saturated heterocycles. The standard InChI is InChI=1S/C17H25BrN2/c1-13-6-9-20(10-7-13)11-8-19-17-5-2-14-12-15(18)3-4-16(14)17/h3-4,12-13,17,19H,2,5-11H2,1H3. The predicted octanol–water partition coefficient (Wildman–Crippen LogP) is 3.76. The number of fused-ring (bicyclic) bond motifs is 1. The molecule has 0 amide bonds. The molecular formula is C17H25BrN2. The lowest BCUT2D eigenvalue weighted by atomic mass is 9.99. The quantitative estimate of drug-likeness (QED) is 0.900. The van der Waals surface area contributed by atoms with E-state index in [9.17, 15) is 0 Å². The average Bonchev–Trinajstić information content (AvgIpc) is 2.83. The van der Waals surface area contributed by atoms with Gasteiger partial charge in [0.1, 0.15) is 0 Å². The van der Waals surface area contributed by atoms with Crippen LogP contribution in [-0.2, 0) is 6.42 Å². The van der Waals surface area contributed by atoms with Crippen LogP contribution in [0.3, 0.4) is 0 Å². The normalized spacial score (nSPS) is 24.0. The molecule has 1 unspecified atom stereocenters. The second kappa shape index (κ2) is 6.59. The minimum Gasteiger partial charge on any atom is -0.309 e. The van der Waals surface area contributed by atoms with E-state index in [0.717, 1.165) is 12.5 Å². The first kappa shape index (κ1) is 14.6. The second-order valence-corrected chi connectivity index (χ2v) is 7.33. The van der Waals surface area contributed by atoms with Crippen LogP contribution in [0.5, 0.6) is 0 Å². The fraction of sp³-hybridized carbons (Fsp3) is 0.647. The molecule has 0 spiro atoms. The highest BCUT2D eigenvalue weighted by Gasteiger charge is 2.22. The van der Waals surface area contributed by atoms with Gasteiger partial charge in [-0.05, 0) is 68.0 Å². The molecule has 0 saturated carbocycles. The van der Waals surface area contributed by atoms with Crippen LogP contribution in [0.15, 0.2) is 22.7 Å². The molecule has 1 aromatic carbocycles. The lowest BCUT2D eigenvalue weighted by molar-refractivity contribution is 0.191. The number of aryl methyl sites for hydroxylation is 1. The molecule has 2 aliphatic rings. The molecule has 1 heterocycles. The van der Waals surface area contributed by atoms with E-state index in [-0.39, 0.29) is 0 Å². The first-order valence-electron chi connectivity index (χ1n) is 7.96. The van der Waals surface area contributed by atoms with Gasteiger partial charge < -0.3 is 10.2 Å². The van der Waals surface area contributed by atoms with Gasteiger partial charge in [-0.15, -0.1) is 0 Å². The fourth-order valence-corrected chi connectivity index (χ4v) is 3.89. The third-order valence-corrected chi connectivity index (χ3v) is 5.37. The zero-order valence-electron chi connectivity index (χ0n) is 12.4. The Morgan fingerprint density at radius 1 is 1.25 bits per heavy atom. The van der Waals surface area contributed by atoms with Crippen LogP contribution in [0, 0.1) is 5.92 Å². The van der Waals surface area contributed by atoms with Crippen molar-refractivity contribution in [3.8, 4) is 0 Å². The lowest BCUT2D eigenvalue weighted by Gasteiger charge is -2.30. The van der Waals surface area contributed by atoms with Crippen LogP contribution in [-0.4, -0.2) is 31.1 Å². The van der Waals surface area contributed by atoms with Gasteiger partial charge in [0.05, 0.1) is 0 Å². The van der Waals surface area contributed by atoms with Gasteiger partial charge in [-0.1, -0.05) is 28.9 Å². The zero-order valence-corrected chi connectivity index (χ0v) is 14.0. The van der Waals surface area contributed by atoms with Crippen LogP contribution in [0.25, 0.3) is 0 Å². The van der Waals surface area contributed by atoms with Gasteiger partial charge in [-0.25, -0.2) is 0 Å². The van der Waals surface area contributed by atoms with Crippen molar-refractivity contribution >= 4 is 15.9 Å². The highest BCUT2D eigenvalue weighted by Crippen LogP contribution is 2.32. The third kappa shape index (κ3) is 3.44. The van der Waals surface area contributed by atoms with Gasteiger partial charge in [0, 0.05) is 23.6 Å². The van der Waals surface area contributed by atoms with Gasteiger partial charge in [0.15, 0.2) is 0 Å². The largest absolute Gasteiger partial charge is 0.309 e. The molecule has 0 radical (unpaired) electrons. The molecule has 20 heavy (non-hydrogen) atoms. The molecule has 1 aromatic rings. The minimum absolute atomic E-state index is 0.571. The number of halogens is 1. The molecule has 110 valence electrons. The van der Waals surface area contributed by atoms with Crippen LogP contribution >= 0.6 is 15.9 Å². The number of hydrogen-bond donors (Lipinski definition) is 1. The van der Waals surface area contributed by atoms with Crippen molar-refractivity contribution in [1.29, 1.82) is 0 Å². The zero-order chi connectivity index (χ0) is 13.9. The van der Waals surface area contributed by atoms with Crippen molar-refractivity contribution in [2.45, 2.75) is 38.6 Å². The summed E-state index contributed by atoms with van der Waals surface area (Å²) in [7, 11) is 0. The maximum absolute atomic E-state index is 3.76. The third-order valence-electron chi connectivity index (χ3n) is 4.88. The van der Waals surface area contributed by atoms with Crippen LogP contribution in [0.4, 0.5) is 0 Å². The van der Waals surface area contributed by atoms with Crippen LogP contribution in [0.2, 0.25) is 0 Å². The minimum atomic E-state index is 0.571. The monoisotopic (exact) mass is 336 g/mol. The number of rotatable bonds is 4. The van der Waals surface area contributed by atoms with Gasteiger partial charge in [0.2, 0.25) is 0 Å². The van der Waals surface area contributed by atoms with Crippen LogP contribution < -0.4 is 5.32 Å². The van der Waals surface area contributed by atoms with E-state index in [1.807, 2.05) is 0 Å². The van der Waals surface area contributed by atoms with E-state index in [1.54, 1.807) is 0 Å². The Morgan fingerprint density at radius 3 is 2.85 bits per heavy atom. The van der Waals surface area contributed by atoms with E-state index in [1.165, 1.54) is 60.9 Å². The van der Waals surface area contributed by atoms with Crippen molar-refractivity contribution < 1.29 is 0 Å². The number of benzene rings is 1. The molecule has 1 atom stereocenters.